The number of nitrogens with zero attached hydrogens (tertiary/aromatic N) is 2. The van der Waals surface area contributed by atoms with Crippen molar-refractivity contribution in [1.82, 2.24) is 14.7 Å². The molecule has 0 saturated heterocycles. The fourth-order valence-electron chi connectivity index (χ4n) is 1.42. The summed E-state index contributed by atoms with van der Waals surface area (Å²) in [5.41, 5.74) is 5.19. The lowest BCUT2D eigenvalue weighted by Crippen LogP contribution is -2.25. The van der Waals surface area contributed by atoms with Crippen molar-refractivity contribution in [2.75, 3.05) is 5.73 Å². The second-order valence-electron chi connectivity index (χ2n) is 3.83. The lowest BCUT2D eigenvalue weighted by Gasteiger charge is -2.08. The highest BCUT2D eigenvalue weighted by molar-refractivity contribution is 7.89. The highest BCUT2D eigenvalue weighted by Gasteiger charge is 2.21. The summed E-state index contributed by atoms with van der Waals surface area (Å²) in [4.78, 5) is 6.77. The lowest BCUT2D eigenvalue weighted by molar-refractivity contribution is 0.544. The van der Waals surface area contributed by atoms with Gasteiger partial charge in [-0.1, -0.05) is 0 Å². The van der Waals surface area contributed by atoms with Crippen molar-refractivity contribution in [2.24, 2.45) is 0 Å². The van der Waals surface area contributed by atoms with E-state index in [0.717, 1.165) is 6.07 Å². The molecular formula is C11H10F2N4O2S. The van der Waals surface area contributed by atoms with Crippen molar-refractivity contribution < 1.29 is 17.2 Å². The van der Waals surface area contributed by atoms with E-state index in [1.54, 1.807) is 0 Å². The molecule has 3 N–H and O–H groups in total. The first kappa shape index (κ1) is 14.3. The number of rotatable bonds is 4. The van der Waals surface area contributed by atoms with Gasteiger partial charge in [0.25, 0.3) is 0 Å². The Bertz CT molecular complexity index is 723. The SMILES string of the molecule is Nc1cc(S(=O)(=O)NCc2ccncn2)c(F)cc1F. The highest BCUT2D eigenvalue weighted by Crippen LogP contribution is 2.20. The molecular weight excluding hydrogens is 290 g/mol. The highest BCUT2D eigenvalue weighted by atomic mass is 32.2. The van der Waals surface area contributed by atoms with E-state index < -0.39 is 32.2 Å². The van der Waals surface area contributed by atoms with Crippen LogP contribution in [0.5, 0.6) is 0 Å². The van der Waals surface area contributed by atoms with Crippen LogP contribution < -0.4 is 10.5 Å². The number of nitrogens with one attached hydrogen (secondary N) is 1. The first-order valence-corrected chi connectivity index (χ1v) is 6.87. The summed E-state index contributed by atoms with van der Waals surface area (Å²) in [7, 11) is -4.16. The number of hydrogen-bond acceptors (Lipinski definition) is 5. The molecule has 1 aromatic carbocycles. The zero-order chi connectivity index (χ0) is 14.8. The van der Waals surface area contributed by atoms with Crippen LogP contribution in [0.2, 0.25) is 0 Å². The standard InChI is InChI=1S/C11H10F2N4O2S/c12-8-3-9(13)11(4-10(8)14)20(18,19)17-5-7-1-2-15-6-16-7/h1-4,6,17H,5,14H2. The monoisotopic (exact) mass is 300 g/mol. The normalized spacial score (nSPS) is 11.5. The van der Waals surface area contributed by atoms with Crippen LogP contribution in [0.3, 0.4) is 0 Å². The van der Waals surface area contributed by atoms with Crippen LogP contribution in [0.15, 0.2) is 35.6 Å². The summed E-state index contributed by atoms with van der Waals surface area (Å²) in [6.07, 6.45) is 2.69. The molecule has 0 aliphatic rings. The van der Waals surface area contributed by atoms with Crippen molar-refractivity contribution >= 4 is 15.7 Å². The number of hydrogen-bond donors (Lipinski definition) is 2. The molecule has 106 valence electrons. The first-order valence-electron chi connectivity index (χ1n) is 5.39. The molecule has 9 heteroatoms. The van der Waals surface area contributed by atoms with Gasteiger partial charge in [0.1, 0.15) is 22.9 Å². The number of aromatic nitrogens is 2. The van der Waals surface area contributed by atoms with Gasteiger partial charge in [-0.05, 0) is 12.1 Å². The van der Waals surface area contributed by atoms with Gasteiger partial charge < -0.3 is 5.73 Å². The summed E-state index contributed by atoms with van der Waals surface area (Å²) >= 11 is 0. The van der Waals surface area contributed by atoms with Gasteiger partial charge in [-0.2, -0.15) is 0 Å². The summed E-state index contributed by atoms with van der Waals surface area (Å²) in [6.45, 7) is -0.151. The average Bonchev–Trinajstić information content (AvgIpc) is 2.42. The van der Waals surface area contributed by atoms with Crippen LogP contribution in [-0.2, 0) is 16.6 Å². The molecule has 0 spiro atoms. The molecule has 0 fully saturated rings. The minimum atomic E-state index is -4.16. The van der Waals surface area contributed by atoms with E-state index in [2.05, 4.69) is 14.7 Å². The summed E-state index contributed by atoms with van der Waals surface area (Å²) in [5.74, 6) is -2.23. The van der Waals surface area contributed by atoms with E-state index in [9.17, 15) is 17.2 Å². The molecule has 6 nitrogen and oxygen atoms in total. The van der Waals surface area contributed by atoms with Gasteiger partial charge in [-0.15, -0.1) is 0 Å². The smallest absolute Gasteiger partial charge is 0.243 e. The maximum absolute atomic E-state index is 13.5. The van der Waals surface area contributed by atoms with E-state index in [1.807, 2.05) is 0 Å². The maximum Gasteiger partial charge on any atom is 0.243 e. The lowest BCUT2D eigenvalue weighted by atomic mass is 10.3. The molecule has 0 aliphatic heterocycles. The molecule has 2 rings (SSSR count). The fraction of sp³-hybridized carbons (Fsp3) is 0.0909. The zero-order valence-corrected chi connectivity index (χ0v) is 10.9. The summed E-state index contributed by atoms with van der Waals surface area (Å²) < 4.78 is 52.5. The topological polar surface area (TPSA) is 98.0 Å². The van der Waals surface area contributed by atoms with Crippen LogP contribution in [0.25, 0.3) is 0 Å². The molecule has 0 unspecified atom stereocenters. The third-order valence-electron chi connectivity index (χ3n) is 2.43. The molecule has 0 radical (unpaired) electrons. The Kier molecular flexibility index (Phi) is 3.91. The van der Waals surface area contributed by atoms with Crippen molar-refractivity contribution in [3.63, 3.8) is 0 Å². The van der Waals surface area contributed by atoms with E-state index in [1.165, 1.54) is 18.6 Å². The molecule has 2 aromatic rings. The fourth-order valence-corrected chi connectivity index (χ4v) is 2.51. The first-order chi connectivity index (χ1) is 9.40. The van der Waals surface area contributed by atoms with Gasteiger partial charge in [-0.3, -0.25) is 0 Å². The number of halogens is 2. The average molecular weight is 300 g/mol. The van der Waals surface area contributed by atoms with E-state index in [0.29, 0.717) is 11.8 Å². The molecule has 0 bridgehead atoms. The Morgan fingerprint density at radius 2 is 2.00 bits per heavy atom. The van der Waals surface area contributed by atoms with Crippen LogP contribution in [0, 0.1) is 11.6 Å². The molecule has 0 aliphatic carbocycles. The summed E-state index contributed by atoms with van der Waals surface area (Å²) in [5, 5.41) is 0. The van der Waals surface area contributed by atoms with Crippen molar-refractivity contribution in [3.05, 3.63) is 48.1 Å². The quantitative estimate of drug-likeness (QED) is 0.814. The van der Waals surface area contributed by atoms with E-state index in [-0.39, 0.29) is 6.54 Å². The Morgan fingerprint density at radius 3 is 2.65 bits per heavy atom. The van der Waals surface area contributed by atoms with Crippen molar-refractivity contribution in [1.29, 1.82) is 0 Å². The second-order valence-corrected chi connectivity index (χ2v) is 5.56. The van der Waals surface area contributed by atoms with Crippen LogP contribution in [-0.4, -0.2) is 18.4 Å². The van der Waals surface area contributed by atoms with E-state index in [4.69, 9.17) is 5.73 Å². The minimum absolute atomic E-state index is 0.151. The third kappa shape index (κ3) is 3.06. The number of nitrogen functional groups attached to an aromatic ring is 1. The maximum atomic E-state index is 13.5. The molecule has 20 heavy (non-hydrogen) atoms. The Hall–Kier alpha value is -2.13. The van der Waals surface area contributed by atoms with Gasteiger partial charge >= 0.3 is 0 Å². The zero-order valence-electron chi connectivity index (χ0n) is 10.0. The number of benzene rings is 1. The third-order valence-corrected chi connectivity index (χ3v) is 3.84. The second kappa shape index (κ2) is 5.47. The van der Waals surface area contributed by atoms with Gasteiger partial charge in [0.2, 0.25) is 10.0 Å². The van der Waals surface area contributed by atoms with Crippen molar-refractivity contribution in [2.45, 2.75) is 11.4 Å². The minimum Gasteiger partial charge on any atom is -0.396 e. The van der Waals surface area contributed by atoms with Crippen LogP contribution >= 0.6 is 0 Å². The predicted octanol–water partition coefficient (Wildman–Crippen LogP) is 0.815. The molecule has 0 amide bonds. The molecule has 0 atom stereocenters. The Labute approximate surface area is 113 Å². The van der Waals surface area contributed by atoms with E-state index >= 15 is 0 Å². The van der Waals surface area contributed by atoms with Crippen LogP contribution in [0.4, 0.5) is 14.5 Å². The summed E-state index contributed by atoms with van der Waals surface area (Å²) in [6, 6.07) is 2.65. The molecule has 1 heterocycles. The number of sulfonamides is 1. The van der Waals surface area contributed by atoms with Crippen molar-refractivity contribution in [3.8, 4) is 0 Å². The van der Waals surface area contributed by atoms with Crippen LogP contribution in [0.1, 0.15) is 5.69 Å². The Morgan fingerprint density at radius 1 is 1.25 bits per heavy atom. The number of nitrogens with two attached hydrogens (primary N) is 1. The van der Waals surface area contributed by atoms with Gasteiger partial charge in [0.05, 0.1) is 17.9 Å². The predicted molar refractivity (Wildman–Crippen MR) is 66.8 cm³/mol. The molecule has 1 aromatic heterocycles. The number of anilines is 1. The Balaban J connectivity index is 2.25. The molecule has 0 saturated carbocycles. The van der Waals surface area contributed by atoms with Gasteiger partial charge in [0.15, 0.2) is 0 Å². The van der Waals surface area contributed by atoms with Gasteiger partial charge in [0, 0.05) is 12.3 Å². The van der Waals surface area contributed by atoms with Gasteiger partial charge in [-0.25, -0.2) is 31.9 Å². The largest absolute Gasteiger partial charge is 0.396 e.